The zero-order valence-electron chi connectivity index (χ0n) is 17.1. The van der Waals surface area contributed by atoms with Crippen molar-refractivity contribution in [3.05, 3.63) is 93.2 Å². The van der Waals surface area contributed by atoms with Crippen molar-refractivity contribution in [2.24, 2.45) is 0 Å². The van der Waals surface area contributed by atoms with Crippen molar-refractivity contribution < 1.29 is 9.59 Å². The molecule has 0 bridgehead atoms. The Morgan fingerprint density at radius 2 is 1.90 bits per heavy atom. The van der Waals surface area contributed by atoms with Crippen molar-refractivity contribution in [1.82, 2.24) is 10.2 Å². The predicted molar refractivity (Wildman–Crippen MR) is 120 cm³/mol. The van der Waals surface area contributed by atoms with Crippen LogP contribution in [-0.4, -0.2) is 23.3 Å². The molecular weight excluding hydrogens is 392 g/mol. The van der Waals surface area contributed by atoms with Crippen molar-refractivity contribution in [3.63, 3.8) is 0 Å². The van der Waals surface area contributed by atoms with E-state index in [1.165, 1.54) is 16.0 Å². The van der Waals surface area contributed by atoms with Crippen LogP contribution in [0.3, 0.4) is 0 Å². The number of fused-ring (bicyclic) bond motifs is 1. The van der Waals surface area contributed by atoms with Gasteiger partial charge < -0.3 is 10.2 Å². The quantitative estimate of drug-likeness (QED) is 0.635. The van der Waals surface area contributed by atoms with Gasteiger partial charge in [0.2, 0.25) is 11.8 Å². The third-order valence-corrected chi connectivity index (χ3v) is 6.54. The maximum Gasteiger partial charge on any atom is 0.223 e. The van der Waals surface area contributed by atoms with Gasteiger partial charge in [0.05, 0.1) is 6.04 Å². The third-order valence-electron chi connectivity index (χ3n) is 5.54. The number of hydrogen-bond donors (Lipinski definition) is 1. The molecule has 1 atom stereocenters. The zero-order chi connectivity index (χ0) is 20.9. The summed E-state index contributed by atoms with van der Waals surface area (Å²) in [5.74, 6) is -0.0549. The first kappa shape index (κ1) is 20.4. The molecule has 2 amide bonds. The zero-order valence-corrected chi connectivity index (χ0v) is 18.0. The third kappa shape index (κ3) is 4.62. The lowest BCUT2D eigenvalue weighted by Gasteiger charge is -2.36. The Morgan fingerprint density at radius 1 is 1.07 bits per heavy atom. The highest BCUT2D eigenvalue weighted by molar-refractivity contribution is 7.10. The summed E-state index contributed by atoms with van der Waals surface area (Å²) in [4.78, 5) is 28.7. The highest BCUT2D eigenvalue weighted by Gasteiger charge is 2.32. The highest BCUT2D eigenvalue weighted by atomic mass is 32.1. The number of aryl methyl sites for hydroxylation is 1. The summed E-state index contributed by atoms with van der Waals surface area (Å²) in [5.41, 5.74) is 4.57. The minimum atomic E-state index is -0.0886. The summed E-state index contributed by atoms with van der Waals surface area (Å²) in [6.07, 6.45) is 1.31. The highest BCUT2D eigenvalue weighted by Crippen LogP contribution is 2.38. The summed E-state index contributed by atoms with van der Waals surface area (Å²) in [5, 5.41) is 5.04. The molecule has 1 N–H and O–H groups in total. The first-order chi connectivity index (χ1) is 14.6. The molecule has 1 aromatic heterocycles. The number of nitrogens with one attached hydrogen (secondary N) is 1. The van der Waals surface area contributed by atoms with Crippen LogP contribution in [-0.2, 0) is 22.6 Å². The number of amides is 2. The normalized spacial score (nSPS) is 15.5. The summed E-state index contributed by atoms with van der Waals surface area (Å²) < 4.78 is 0. The lowest BCUT2D eigenvalue weighted by molar-refractivity contribution is -0.135. The Hall–Kier alpha value is -2.92. The van der Waals surface area contributed by atoms with Gasteiger partial charge in [-0.2, -0.15) is 0 Å². The van der Waals surface area contributed by atoms with Gasteiger partial charge in [0.25, 0.3) is 0 Å². The van der Waals surface area contributed by atoms with Gasteiger partial charge in [-0.3, -0.25) is 9.59 Å². The fraction of sp³-hybridized carbons (Fsp3) is 0.280. The van der Waals surface area contributed by atoms with Gasteiger partial charge in [-0.05, 0) is 41.5 Å². The molecule has 2 heterocycles. The van der Waals surface area contributed by atoms with Crippen molar-refractivity contribution in [1.29, 1.82) is 0 Å². The number of carbonyl (C=O) groups is 2. The topological polar surface area (TPSA) is 49.4 Å². The Kier molecular flexibility index (Phi) is 6.29. The molecule has 4 nitrogen and oxygen atoms in total. The number of thiophene rings is 1. The van der Waals surface area contributed by atoms with Crippen LogP contribution in [0.4, 0.5) is 0 Å². The van der Waals surface area contributed by atoms with Gasteiger partial charge in [0.1, 0.15) is 0 Å². The molecule has 2 aromatic carbocycles. The summed E-state index contributed by atoms with van der Waals surface area (Å²) >= 11 is 1.76. The monoisotopic (exact) mass is 418 g/mol. The van der Waals surface area contributed by atoms with E-state index < -0.39 is 0 Å². The smallest absolute Gasteiger partial charge is 0.223 e. The SMILES string of the molecule is Cc1cccc(CNC(=O)CCC(=O)N2CCc3sccc3C2c2ccccc2)c1. The Balaban J connectivity index is 1.39. The molecule has 0 saturated heterocycles. The summed E-state index contributed by atoms with van der Waals surface area (Å²) in [6.45, 7) is 3.21. The van der Waals surface area contributed by atoms with E-state index in [1.54, 1.807) is 11.3 Å². The number of hydrogen-bond acceptors (Lipinski definition) is 3. The van der Waals surface area contributed by atoms with Crippen LogP contribution in [0.2, 0.25) is 0 Å². The van der Waals surface area contributed by atoms with Crippen LogP contribution >= 0.6 is 11.3 Å². The minimum Gasteiger partial charge on any atom is -0.352 e. The van der Waals surface area contributed by atoms with Gasteiger partial charge in [-0.25, -0.2) is 0 Å². The Bertz CT molecular complexity index is 1030. The molecule has 0 saturated carbocycles. The lowest BCUT2D eigenvalue weighted by atomic mass is 9.93. The van der Waals surface area contributed by atoms with Crippen LogP contribution in [0.5, 0.6) is 0 Å². The number of nitrogens with zero attached hydrogens (tertiary/aromatic N) is 1. The van der Waals surface area contributed by atoms with E-state index in [2.05, 4.69) is 35.0 Å². The summed E-state index contributed by atoms with van der Waals surface area (Å²) in [7, 11) is 0. The van der Waals surface area contributed by atoms with Gasteiger partial charge in [-0.1, -0.05) is 60.2 Å². The standard InChI is InChI=1S/C25H26N2O2S/c1-18-6-5-7-19(16-18)17-26-23(28)10-11-24(29)27-14-12-22-21(13-15-30-22)25(27)20-8-3-2-4-9-20/h2-9,13,15-16,25H,10-12,14,17H2,1H3,(H,26,28). The Labute approximate surface area is 181 Å². The van der Waals surface area contributed by atoms with E-state index in [0.717, 1.165) is 17.5 Å². The van der Waals surface area contributed by atoms with Crippen LogP contribution in [0, 0.1) is 6.92 Å². The second kappa shape index (κ2) is 9.26. The summed E-state index contributed by atoms with van der Waals surface area (Å²) in [6, 6.07) is 20.3. The van der Waals surface area contributed by atoms with E-state index in [0.29, 0.717) is 13.1 Å². The second-order valence-electron chi connectivity index (χ2n) is 7.72. The number of rotatable bonds is 6. The fourth-order valence-corrected chi connectivity index (χ4v) is 4.96. The largest absolute Gasteiger partial charge is 0.352 e. The average molecular weight is 419 g/mol. The van der Waals surface area contributed by atoms with Crippen molar-refractivity contribution in [2.45, 2.75) is 38.8 Å². The Morgan fingerprint density at radius 3 is 2.70 bits per heavy atom. The molecule has 0 spiro atoms. The molecule has 3 aromatic rings. The van der Waals surface area contributed by atoms with E-state index >= 15 is 0 Å². The fourth-order valence-electron chi connectivity index (χ4n) is 4.06. The minimum absolute atomic E-state index is 0.0337. The first-order valence-corrected chi connectivity index (χ1v) is 11.2. The second-order valence-corrected chi connectivity index (χ2v) is 8.72. The molecule has 154 valence electrons. The van der Waals surface area contributed by atoms with Crippen LogP contribution < -0.4 is 5.32 Å². The van der Waals surface area contributed by atoms with E-state index in [9.17, 15) is 9.59 Å². The van der Waals surface area contributed by atoms with Crippen molar-refractivity contribution in [2.75, 3.05) is 6.54 Å². The molecule has 1 aliphatic heterocycles. The maximum atomic E-state index is 13.1. The van der Waals surface area contributed by atoms with Gasteiger partial charge >= 0.3 is 0 Å². The predicted octanol–water partition coefficient (Wildman–Crippen LogP) is 4.63. The average Bonchev–Trinajstić information content (AvgIpc) is 3.25. The van der Waals surface area contributed by atoms with E-state index in [4.69, 9.17) is 0 Å². The molecule has 4 rings (SSSR count). The molecule has 1 unspecified atom stereocenters. The van der Waals surface area contributed by atoms with Crippen LogP contribution in [0.25, 0.3) is 0 Å². The molecule has 0 aliphatic carbocycles. The number of benzene rings is 2. The number of carbonyl (C=O) groups excluding carboxylic acids is 2. The van der Waals surface area contributed by atoms with Crippen molar-refractivity contribution in [3.8, 4) is 0 Å². The van der Waals surface area contributed by atoms with E-state index in [1.807, 2.05) is 48.2 Å². The first-order valence-electron chi connectivity index (χ1n) is 10.3. The van der Waals surface area contributed by atoms with Gasteiger partial charge in [0, 0.05) is 30.8 Å². The van der Waals surface area contributed by atoms with E-state index in [-0.39, 0.29) is 30.7 Å². The van der Waals surface area contributed by atoms with Crippen molar-refractivity contribution >= 4 is 23.2 Å². The molecule has 0 fully saturated rings. The lowest BCUT2D eigenvalue weighted by Crippen LogP contribution is -2.40. The van der Waals surface area contributed by atoms with Gasteiger partial charge in [-0.15, -0.1) is 11.3 Å². The maximum absolute atomic E-state index is 13.1. The molecule has 1 aliphatic rings. The van der Waals surface area contributed by atoms with Crippen LogP contribution in [0.1, 0.15) is 46.0 Å². The molecule has 0 radical (unpaired) electrons. The van der Waals surface area contributed by atoms with Crippen LogP contribution in [0.15, 0.2) is 66.0 Å². The molecular formula is C25H26N2O2S. The molecule has 30 heavy (non-hydrogen) atoms. The molecule has 5 heteroatoms. The van der Waals surface area contributed by atoms with Gasteiger partial charge in [0.15, 0.2) is 0 Å².